The molecule has 0 radical (unpaired) electrons. The molecule has 8 heteroatoms. The van der Waals surface area contributed by atoms with Crippen LogP contribution >= 0.6 is 0 Å². The van der Waals surface area contributed by atoms with Crippen LogP contribution in [0, 0.1) is 0 Å². The number of unbranched alkanes of at least 4 members (excludes halogenated alkanes) is 16. The van der Waals surface area contributed by atoms with Crippen molar-refractivity contribution in [2.24, 2.45) is 0 Å². The molecule has 0 aromatic carbocycles. The maximum Gasteiger partial charge on any atom is 0.306 e. The molecule has 1 aliphatic heterocycles. The fourth-order valence-corrected chi connectivity index (χ4v) is 4.82. The largest absolute Gasteiger partial charge is 0.460 e. The predicted octanol–water partition coefficient (Wildman–Crippen LogP) is 5.17. The first-order chi connectivity index (χ1) is 18.2. The Kier molecular flexibility index (Phi) is 19.5. The molecule has 0 unspecified atom stereocenters. The number of rotatable bonds is 22. The minimum Gasteiger partial charge on any atom is -0.460 e. The third-order valence-electron chi connectivity index (χ3n) is 7.08. The average molecular weight is 547 g/mol. The summed E-state index contributed by atoms with van der Waals surface area (Å²) >= 11 is 0. The Hall–Kier alpha value is -0.770. The monoisotopic (exact) mass is 546 g/mol. The van der Waals surface area contributed by atoms with Gasteiger partial charge in [0.1, 0.15) is 30.0 Å². The van der Waals surface area contributed by atoms with E-state index in [0.717, 1.165) is 32.1 Å². The summed E-state index contributed by atoms with van der Waals surface area (Å²) in [5.41, 5.74) is -0.375. The van der Waals surface area contributed by atoms with Crippen molar-refractivity contribution in [1.82, 2.24) is 0 Å². The first-order valence-electron chi connectivity index (χ1n) is 15.3. The van der Waals surface area contributed by atoms with E-state index < -0.39 is 37.3 Å². The second-order valence-corrected chi connectivity index (χ2v) is 11.9. The molecule has 1 heterocycles. The SMILES string of the molecule is CC(C)(C)OC(=O)CCCCCCCCCCCCCCCCCCCO[C@@H]1O[C@H](CO)[C@@H](O)[C@H](O)[C@H]1O. The second-order valence-electron chi connectivity index (χ2n) is 11.9. The molecule has 0 bridgehead atoms. The number of ether oxygens (including phenoxy) is 3. The fraction of sp³-hybridized carbons (Fsp3) is 0.967. The van der Waals surface area contributed by atoms with Crippen LogP contribution in [0.25, 0.3) is 0 Å². The molecule has 0 aromatic rings. The lowest BCUT2D eigenvalue weighted by Gasteiger charge is -2.39. The lowest BCUT2D eigenvalue weighted by molar-refractivity contribution is -0.301. The van der Waals surface area contributed by atoms with Crippen LogP contribution in [0.5, 0.6) is 0 Å². The molecular weight excluding hydrogens is 488 g/mol. The Morgan fingerprint density at radius 3 is 1.50 bits per heavy atom. The zero-order valence-electron chi connectivity index (χ0n) is 24.5. The van der Waals surface area contributed by atoms with Gasteiger partial charge in [0.05, 0.1) is 6.61 Å². The van der Waals surface area contributed by atoms with Crippen LogP contribution in [0.2, 0.25) is 0 Å². The highest BCUT2D eigenvalue weighted by Crippen LogP contribution is 2.22. The van der Waals surface area contributed by atoms with Crippen LogP contribution in [0.3, 0.4) is 0 Å². The summed E-state index contributed by atoms with van der Waals surface area (Å²) < 4.78 is 16.2. The summed E-state index contributed by atoms with van der Waals surface area (Å²) in [5, 5.41) is 38.7. The Morgan fingerprint density at radius 2 is 1.08 bits per heavy atom. The van der Waals surface area contributed by atoms with Gasteiger partial charge in [0.15, 0.2) is 6.29 Å². The van der Waals surface area contributed by atoms with Crippen LogP contribution in [0.1, 0.15) is 136 Å². The van der Waals surface area contributed by atoms with E-state index >= 15 is 0 Å². The van der Waals surface area contributed by atoms with E-state index in [9.17, 15) is 25.2 Å². The third-order valence-corrected chi connectivity index (χ3v) is 7.08. The van der Waals surface area contributed by atoms with Gasteiger partial charge in [0.25, 0.3) is 0 Å². The van der Waals surface area contributed by atoms with Crippen LogP contribution in [0.4, 0.5) is 0 Å². The first-order valence-corrected chi connectivity index (χ1v) is 15.3. The predicted molar refractivity (Wildman–Crippen MR) is 149 cm³/mol. The molecule has 8 nitrogen and oxygen atoms in total. The summed E-state index contributed by atoms with van der Waals surface area (Å²) in [5.74, 6) is -0.0735. The zero-order valence-corrected chi connectivity index (χ0v) is 24.5. The quantitative estimate of drug-likeness (QED) is 0.108. The number of aliphatic hydroxyl groups is 4. The van der Waals surface area contributed by atoms with Crippen molar-refractivity contribution in [3.05, 3.63) is 0 Å². The molecule has 0 spiro atoms. The molecule has 1 fully saturated rings. The third kappa shape index (κ3) is 17.0. The van der Waals surface area contributed by atoms with Gasteiger partial charge in [-0.3, -0.25) is 4.79 Å². The maximum atomic E-state index is 11.7. The van der Waals surface area contributed by atoms with Crippen LogP contribution in [-0.2, 0) is 19.0 Å². The van der Waals surface area contributed by atoms with Gasteiger partial charge >= 0.3 is 5.97 Å². The lowest BCUT2D eigenvalue weighted by Crippen LogP contribution is -2.59. The molecule has 0 aromatic heterocycles. The average Bonchev–Trinajstić information content (AvgIpc) is 2.86. The smallest absolute Gasteiger partial charge is 0.306 e. The van der Waals surface area contributed by atoms with Gasteiger partial charge in [-0.15, -0.1) is 0 Å². The second kappa shape index (κ2) is 21.0. The van der Waals surface area contributed by atoms with E-state index in [-0.39, 0.29) is 11.6 Å². The van der Waals surface area contributed by atoms with E-state index in [4.69, 9.17) is 14.2 Å². The Balaban J connectivity index is 1.80. The highest BCUT2D eigenvalue weighted by atomic mass is 16.7. The molecule has 226 valence electrons. The van der Waals surface area contributed by atoms with Gasteiger partial charge in [-0.05, 0) is 33.6 Å². The van der Waals surface area contributed by atoms with E-state index in [2.05, 4.69) is 0 Å². The minimum absolute atomic E-state index is 0.0735. The van der Waals surface area contributed by atoms with Crippen molar-refractivity contribution in [3.63, 3.8) is 0 Å². The van der Waals surface area contributed by atoms with Gasteiger partial charge in [-0.2, -0.15) is 0 Å². The van der Waals surface area contributed by atoms with Gasteiger partial charge in [0.2, 0.25) is 0 Å². The summed E-state index contributed by atoms with van der Waals surface area (Å²) in [4.78, 5) is 11.7. The minimum atomic E-state index is -1.38. The van der Waals surface area contributed by atoms with Crippen molar-refractivity contribution in [2.75, 3.05) is 13.2 Å². The fourth-order valence-electron chi connectivity index (χ4n) is 4.82. The van der Waals surface area contributed by atoms with Crippen LogP contribution in [0.15, 0.2) is 0 Å². The normalized spacial score (nSPS) is 24.0. The molecule has 0 aliphatic carbocycles. The van der Waals surface area contributed by atoms with E-state index in [1.807, 2.05) is 20.8 Å². The summed E-state index contributed by atoms with van der Waals surface area (Å²) in [6.45, 7) is 5.71. The van der Waals surface area contributed by atoms with Gasteiger partial charge in [-0.25, -0.2) is 0 Å². The van der Waals surface area contributed by atoms with Crippen molar-refractivity contribution in [1.29, 1.82) is 0 Å². The number of aliphatic hydroxyl groups excluding tert-OH is 4. The molecular formula is C30H58O8. The van der Waals surface area contributed by atoms with E-state index in [0.29, 0.717) is 13.0 Å². The van der Waals surface area contributed by atoms with Crippen molar-refractivity contribution in [2.45, 2.75) is 173 Å². The summed E-state index contributed by atoms with van der Waals surface area (Å²) in [6, 6.07) is 0. The van der Waals surface area contributed by atoms with Gasteiger partial charge in [-0.1, -0.05) is 96.3 Å². The zero-order chi connectivity index (χ0) is 28.2. The van der Waals surface area contributed by atoms with Gasteiger partial charge in [0, 0.05) is 13.0 Å². The Bertz CT molecular complexity index is 577. The Morgan fingerprint density at radius 1 is 0.658 bits per heavy atom. The molecule has 1 rings (SSSR count). The summed E-state index contributed by atoms with van der Waals surface area (Å²) in [6.07, 6.45) is 15.2. The number of esters is 1. The molecule has 5 atom stereocenters. The first kappa shape index (κ1) is 35.3. The topological polar surface area (TPSA) is 126 Å². The standard InChI is InChI=1S/C30H58O8/c1-30(2,3)38-25(32)21-19-17-15-13-11-9-7-5-4-6-8-10-12-14-16-18-20-22-36-29-28(35)27(34)26(33)24(23-31)37-29/h24,26-29,31,33-35H,4-23H2,1-3H3/t24-,26-,27+,28-,29-/m1/s1. The van der Waals surface area contributed by atoms with E-state index in [1.54, 1.807) is 0 Å². The molecule has 1 aliphatic rings. The Labute approximate surface area is 231 Å². The van der Waals surface area contributed by atoms with Crippen LogP contribution < -0.4 is 0 Å². The number of carbonyl (C=O) groups excluding carboxylic acids is 1. The number of carbonyl (C=O) groups is 1. The maximum absolute atomic E-state index is 11.7. The summed E-state index contributed by atoms with van der Waals surface area (Å²) in [7, 11) is 0. The van der Waals surface area contributed by atoms with Gasteiger partial charge < -0.3 is 34.6 Å². The number of hydrogen-bond donors (Lipinski definition) is 4. The molecule has 0 saturated carbocycles. The molecule has 1 saturated heterocycles. The van der Waals surface area contributed by atoms with Crippen molar-refractivity contribution in [3.8, 4) is 0 Å². The van der Waals surface area contributed by atoms with Crippen LogP contribution in [-0.4, -0.2) is 75.9 Å². The lowest BCUT2D eigenvalue weighted by atomic mass is 9.99. The molecule has 4 N–H and O–H groups in total. The highest BCUT2D eigenvalue weighted by Gasteiger charge is 2.43. The highest BCUT2D eigenvalue weighted by molar-refractivity contribution is 5.69. The molecule has 38 heavy (non-hydrogen) atoms. The van der Waals surface area contributed by atoms with Crippen molar-refractivity contribution >= 4 is 5.97 Å². The van der Waals surface area contributed by atoms with E-state index in [1.165, 1.54) is 77.0 Å². The number of hydrogen-bond acceptors (Lipinski definition) is 8. The molecule has 0 amide bonds. The van der Waals surface area contributed by atoms with Crippen molar-refractivity contribution < 1.29 is 39.4 Å².